The van der Waals surface area contributed by atoms with E-state index in [2.05, 4.69) is 11.6 Å². The molecule has 2 aromatic rings. The highest BCUT2D eigenvalue weighted by atomic mass is 16.6. The lowest BCUT2D eigenvalue weighted by Crippen LogP contribution is -2.42. The van der Waals surface area contributed by atoms with Crippen molar-refractivity contribution in [3.8, 4) is 11.5 Å². The molecule has 1 aromatic carbocycles. The van der Waals surface area contributed by atoms with E-state index in [9.17, 15) is 24.5 Å². The number of hydrogen-bond acceptors (Lipinski definition) is 8. The number of ketones is 1. The lowest BCUT2D eigenvalue weighted by atomic mass is 10.1. The zero-order chi connectivity index (χ0) is 22.1. The molecule has 4 rings (SSSR count). The average Bonchev–Trinajstić information content (AvgIpc) is 2.77. The van der Waals surface area contributed by atoms with Crippen molar-refractivity contribution in [2.24, 2.45) is 0 Å². The summed E-state index contributed by atoms with van der Waals surface area (Å²) in [6.45, 7) is 3.04. The van der Waals surface area contributed by atoms with Crippen LogP contribution in [0.2, 0.25) is 0 Å². The lowest BCUT2D eigenvalue weighted by molar-refractivity contribution is -0.389. The van der Waals surface area contributed by atoms with E-state index in [1.165, 1.54) is 23.1 Å². The molecule has 0 saturated heterocycles. The molecule has 0 aliphatic carbocycles. The van der Waals surface area contributed by atoms with Crippen molar-refractivity contribution in [1.82, 2.24) is 4.98 Å². The summed E-state index contributed by atoms with van der Waals surface area (Å²) in [5, 5.41) is 11.0. The minimum Gasteiger partial charge on any atom is -0.482 e. The molecule has 1 aromatic heterocycles. The Hall–Kier alpha value is -4.28. The number of pyridine rings is 1. The van der Waals surface area contributed by atoms with E-state index in [0.717, 1.165) is 11.0 Å². The summed E-state index contributed by atoms with van der Waals surface area (Å²) in [4.78, 5) is 54.2. The third kappa shape index (κ3) is 3.68. The van der Waals surface area contributed by atoms with E-state index in [-0.39, 0.29) is 42.8 Å². The summed E-state index contributed by atoms with van der Waals surface area (Å²) < 4.78 is 10.7. The number of anilines is 2. The monoisotopic (exact) mass is 424 g/mol. The Morgan fingerprint density at radius 2 is 1.81 bits per heavy atom. The molecule has 0 spiro atoms. The van der Waals surface area contributed by atoms with Crippen molar-refractivity contribution in [3.63, 3.8) is 0 Å². The fraction of sp³-hybridized carbons (Fsp3) is 0.200. The first-order valence-electron chi connectivity index (χ1n) is 9.19. The summed E-state index contributed by atoms with van der Waals surface area (Å²) in [6, 6.07) is 7.09. The van der Waals surface area contributed by atoms with E-state index in [0.29, 0.717) is 11.4 Å². The molecule has 0 fully saturated rings. The van der Waals surface area contributed by atoms with Gasteiger partial charge in [-0.3, -0.25) is 19.3 Å². The lowest BCUT2D eigenvalue weighted by Gasteiger charge is -2.29. The molecule has 0 radical (unpaired) electrons. The summed E-state index contributed by atoms with van der Waals surface area (Å²) in [5.41, 5.74) is 0.654. The van der Waals surface area contributed by atoms with Crippen LogP contribution in [0.3, 0.4) is 0 Å². The van der Waals surface area contributed by atoms with Gasteiger partial charge in [0, 0.05) is 18.2 Å². The summed E-state index contributed by atoms with van der Waals surface area (Å²) in [7, 11) is 0. The predicted octanol–water partition coefficient (Wildman–Crippen LogP) is 1.51. The minimum absolute atomic E-state index is 0.0939. The molecule has 31 heavy (non-hydrogen) atoms. The number of carbonyl (C=O) groups is 3. The van der Waals surface area contributed by atoms with Crippen LogP contribution < -0.4 is 19.3 Å². The van der Waals surface area contributed by atoms with E-state index >= 15 is 0 Å². The third-order valence-electron chi connectivity index (χ3n) is 4.76. The number of nitrogens with zero attached hydrogens (tertiary/aromatic N) is 4. The Bertz CT molecular complexity index is 1130. The Balaban J connectivity index is 1.64. The fourth-order valence-electron chi connectivity index (χ4n) is 3.27. The van der Waals surface area contributed by atoms with Crippen LogP contribution in [0, 0.1) is 10.1 Å². The van der Waals surface area contributed by atoms with Crippen LogP contribution in [0.5, 0.6) is 11.5 Å². The second kappa shape index (κ2) is 7.86. The average molecular weight is 424 g/mol. The smallest absolute Gasteiger partial charge is 0.366 e. The molecule has 2 amide bonds. The molecule has 2 aliphatic rings. The van der Waals surface area contributed by atoms with Crippen LogP contribution >= 0.6 is 0 Å². The molecule has 0 bridgehead atoms. The Kier molecular flexibility index (Phi) is 5.07. The molecule has 0 atom stereocenters. The van der Waals surface area contributed by atoms with Crippen molar-refractivity contribution in [2.75, 3.05) is 36.1 Å². The number of benzene rings is 1. The summed E-state index contributed by atoms with van der Waals surface area (Å²) in [6.07, 6.45) is 1.56. The maximum Gasteiger partial charge on any atom is 0.366 e. The standard InChI is InChI=1S/C20H16N4O7/c1-2-7-22-13-8-12(3-4-15(13)30-10-18(22)26)14(25)9-23-19(27)11-31-16-5-6-17(24(28)29)21-20(16)23/h2-6,8H,1,7,9-11H2. The molecule has 0 saturated carbocycles. The zero-order valence-electron chi connectivity index (χ0n) is 16.1. The molecule has 3 heterocycles. The van der Waals surface area contributed by atoms with Gasteiger partial charge in [-0.25, -0.2) is 0 Å². The number of aromatic nitrogens is 1. The van der Waals surface area contributed by atoms with E-state index in [1.807, 2.05) is 0 Å². The molecule has 2 aliphatic heterocycles. The van der Waals surface area contributed by atoms with Crippen molar-refractivity contribution in [1.29, 1.82) is 0 Å². The molecular formula is C20H16N4O7. The minimum atomic E-state index is -0.700. The molecule has 11 nitrogen and oxygen atoms in total. The summed E-state index contributed by atoms with van der Waals surface area (Å²) >= 11 is 0. The molecular weight excluding hydrogens is 408 g/mol. The van der Waals surface area contributed by atoms with Gasteiger partial charge in [0.05, 0.1) is 12.2 Å². The Morgan fingerprint density at radius 3 is 2.52 bits per heavy atom. The van der Waals surface area contributed by atoms with Gasteiger partial charge < -0.3 is 24.5 Å². The van der Waals surface area contributed by atoms with Crippen LogP contribution in [0.25, 0.3) is 0 Å². The molecule has 11 heteroatoms. The molecule has 158 valence electrons. The van der Waals surface area contributed by atoms with Crippen LogP contribution in [0.1, 0.15) is 10.4 Å². The number of fused-ring (bicyclic) bond motifs is 2. The fourth-order valence-corrected chi connectivity index (χ4v) is 3.27. The van der Waals surface area contributed by atoms with Crippen molar-refractivity contribution < 1.29 is 28.8 Å². The quantitative estimate of drug-likeness (QED) is 0.295. The van der Waals surface area contributed by atoms with E-state index < -0.39 is 29.0 Å². The van der Waals surface area contributed by atoms with Crippen LogP contribution in [0.15, 0.2) is 43.0 Å². The van der Waals surface area contributed by atoms with Gasteiger partial charge in [-0.05, 0) is 34.2 Å². The summed E-state index contributed by atoms with van der Waals surface area (Å²) in [5.74, 6) is -1.23. The number of hydrogen-bond donors (Lipinski definition) is 0. The topological polar surface area (TPSA) is 132 Å². The number of Topliss-reactive ketones (excluding diaryl/α,β-unsaturated/α-hetero) is 1. The first-order valence-corrected chi connectivity index (χ1v) is 9.19. The first-order chi connectivity index (χ1) is 14.9. The van der Waals surface area contributed by atoms with Gasteiger partial charge in [0.2, 0.25) is 0 Å². The van der Waals surface area contributed by atoms with Crippen molar-refractivity contribution in [2.45, 2.75) is 0 Å². The normalized spacial score (nSPS) is 14.8. The van der Waals surface area contributed by atoms with Crippen molar-refractivity contribution >= 4 is 34.9 Å². The Morgan fingerprint density at radius 1 is 1.13 bits per heavy atom. The van der Waals surface area contributed by atoms with Gasteiger partial charge in [-0.2, -0.15) is 0 Å². The molecule has 0 N–H and O–H groups in total. The van der Waals surface area contributed by atoms with Gasteiger partial charge in [0.15, 0.2) is 24.7 Å². The SMILES string of the molecule is C=CCN1C(=O)COc2ccc(C(=O)CN3C(=O)COc4ccc([N+](=O)[O-])nc43)cc21. The van der Waals surface area contributed by atoms with Gasteiger partial charge in [0.1, 0.15) is 5.75 Å². The van der Waals surface area contributed by atoms with Gasteiger partial charge >= 0.3 is 5.82 Å². The second-order valence-electron chi connectivity index (χ2n) is 6.70. The number of rotatable bonds is 6. The third-order valence-corrected chi connectivity index (χ3v) is 4.76. The second-order valence-corrected chi connectivity index (χ2v) is 6.70. The first kappa shape index (κ1) is 20.0. The van der Waals surface area contributed by atoms with Crippen molar-refractivity contribution in [3.05, 3.63) is 58.7 Å². The predicted molar refractivity (Wildman–Crippen MR) is 108 cm³/mol. The molecule has 0 unspecified atom stereocenters. The highest BCUT2D eigenvalue weighted by Crippen LogP contribution is 2.34. The van der Waals surface area contributed by atoms with E-state index in [1.54, 1.807) is 12.1 Å². The zero-order valence-corrected chi connectivity index (χ0v) is 16.1. The van der Waals surface area contributed by atoms with Gasteiger partial charge in [-0.1, -0.05) is 6.08 Å². The number of carbonyl (C=O) groups excluding carboxylic acids is 3. The number of nitro groups is 1. The van der Waals surface area contributed by atoms with Gasteiger partial charge in [-0.15, -0.1) is 6.58 Å². The van der Waals surface area contributed by atoms with Gasteiger partial charge in [0.25, 0.3) is 17.6 Å². The van der Waals surface area contributed by atoms with Crippen LogP contribution in [-0.4, -0.2) is 53.8 Å². The van der Waals surface area contributed by atoms with Crippen LogP contribution in [-0.2, 0) is 9.59 Å². The highest BCUT2D eigenvalue weighted by Gasteiger charge is 2.34. The maximum absolute atomic E-state index is 13.0. The largest absolute Gasteiger partial charge is 0.482 e. The maximum atomic E-state index is 13.0. The number of ether oxygens (including phenoxy) is 2. The van der Waals surface area contributed by atoms with Crippen LogP contribution in [0.4, 0.5) is 17.3 Å². The highest BCUT2D eigenvalue weighted by molar-refractivity contribution is 6.08. The number of amides is 2. The van der Waals surface area contributed by atoms with E-state index in [4.69, 9.17) is 9.47 Å². The Labute approximate surface area is 175 Å².